The van der Waals surface area contributed by atoms with E-state index in [4.69, 9.17) is 9.84 Å². The SMILES string of the molecule is CC1CN(C(=O)N2CSCC2C(=O)O)CC(C)O1. The highest BCUT2D eigenvalue weighted by molar-refractivity contribution is 7.99. The minimum Gasteiger partial charge on any atom is -0.480 e. The van der Waals surface area contributed by atoms with Gasteiger partial charge in [-0.3, -0.25) is 0 Å². The van der Waals surface area contributed by atoms with Crippen LogP contribution in [0.3, 0.4) is 0 Å². The second-order valence-electron chi connectivity index (χ2n) is 4.77. The Balaban J connectivity index is 2.04. The van der Waals surface area contributed by atoms with Crippen molar-refractivity contribution >= 4 is 23.8 Å². The average Bonchev–Trinajstić information content (AvgIpc) is 2.75. The molecule has 2 rings (SSSR count). The molecule has 102 valence electrons. The van der Waals surface area contributed by atoms with Crippen molar-refractivity contribution in [3.8, 4) is 0 Å². The molecule has 2 heterocycles. The molecule has 0 spiro atoms. The van der Waals surface area contributed by atoms with Crippen LogP contribution < -0.4 is 0 Å². The molecule has 6 nitrogen and oxygen atoms in total. The highest BCUT2D eigenvalue weighted by atomic mass is 32.2. The van der Waals surface area contributed by atoms with Crippen LogP contribution in [0.4, 0.5) is 4.79 Å². The van der Waals surface area contributed by atoms with E-state index in [0.717, 1.165) is 0 Å². The molecule has 2 saturated heterocycles. The molecule has 0 radical (unpaired) electrons. The number of aliphatic carboxylic acids is 1. The van der Waals surface area contributed by atoms with Gasteiger partial charge in [0.05, 0.1) is 18.1 Å². The number of nitrogens with zero attached hydrogens (tertiary/aromatic N) is 2. The van der Waals surface area contributed by atoms with Gasteiger partial charge >= 0.3 is 12.0 Å². The molecule has 2 amide bonds. The van der Waals surface area contributed by atoms with Crippen LogP contribution in [-0.4, -0.2) is 69.9 Å². The fraction of sp³-hybridized carbons (Fsp3) is 0.818. The van der Waals surface area contributed by atoms with Gasteiger partial charge in [-0.05, 0) is 13.8 Å². The van der Waals surface area contributed by atoms with Crippen molar-refractivity contribution < 1.29 is 19.4 Å². The quantitative estimate of drug-likeness (QED) is 0.761. The Bertz CT molecular complexity index is 342. The van der Waals surface area contributed by atoms with Crippen LogP contribution in [0, 0.1) is 0 Å². The molecular formula is C11H18N2O4S. The molecule has 7 heteroatoms. The van der Waals surface area contributed by atoms with Crippen molar-refractivity contribution in [3.05, 3.63) is 0 Å². The maximum atomic E-state index is 12.3. The van der Waals surface area contributed by atoms with Crippen molar-refractivity contribution in [2.45, 2.75) is 32.1 Å². The summed E-state index contributed by atoms with van der Waals surface area (Å²) < 4.78 is 5.57. The summed E-state index contributed by atoms with van der Waals surface area (Å²) in [5.74, 6) is -0.00499. The van der Waals surface area contributed by atoms with E-state index < -0.39 is 12.0 Å². The third kappa shape index (κ3) is 2.72. The minimum absolute atomic E-state index is 0.00349. The van der Waals surface area contributed by atoms with E-state index in [-0.39, 0.29) is 18.2 Å². The molecule has 0 aliphatic carbocycles. The molecule has 0 aromatic rings. The van der Waals surface area contributed by atoms with Crippen LogP contribution in [0.5, 0.6) is 0 Å². The fourth-order valence-electron chi connectivity index (χ4n) is 2.35. The summed E-state index contributed by atoms with van der Waals surface area (Å²) in [6.07, 6.45) is -0.00697. The molecule has 2 fully saturated rings. The van der Waals surface area contributed by atoms with Crippen LogP contribution in [0.25, 0.3) is 0 Å². The minimum atomic E-state index is -0.928. The molecule has 3 atom stereocenters. The van der Waals surface area contributed by atoms with E-state index in [9.17, 15) is 9.59 Å². The number of thioether (sulfide) groups is 1. The number of rotatable bonds is 1. The predicted octanol–water partition coefficient (Wildman–Crippen LogP) is 0.675. The number of morpholine rings is 1. The largest absolute Gasteiger partial charge is 0.480 e. The normalized spacial score (nSPS) is 32.7. The zero-order valence-corrected chi connectivity index (χ0v) is 11.4. The van der Waals surface area contributed by atoms with Crippen LogP contribution in [0.2, 0.25) is 0 Å². The van der Waals surface area contributed by atoms with E-state index in [1.54, 1.807) is 4.90 Å². The predicted molar refractivity (Wildman–Crippen MR) is 67.6 cm³/mol. The zero-order valence-electron chi connectivity index (χ0n) is 10.5. The second kappa shape index (κ2) is 5.36. The van der Waals surface area contributed by atoms with Gasteiger partial charge in [0.1, 0.15) is 6.04 Å². The van der Waals surface area contributed by atoms with Gasteiger partial charge in [0, 0.05) is 18.8 Å². The smallest absolute Gasteiger partial charge is 0.327 e. The lowest BCUT2D eigenvalue weighted by Crippen LogP contribution is -2.55. The third-order valence-electron chi connectivity index (χ3n) is 3.10. The number of ether oxygens (including phenoxy) is 1. The van der Waals surface area contributed by atoms with Crippen LogP contribution in [0.1, 0.15) is 13.8 Å². The Labute approximate surface area is 110 Å². The summed E-state index contributed by atoms with van der Waals surface area (Å²) in [5.41, 5.74) is 0. The number of carbonyl (C=O) groups is 2. The van der Waals surface area contributed by atoms with Gasteiger partial charge in [0.2, 0.25) is 0 Å². The number of carboxylic acids is 1. The van der Waals surface area contributed by atoms with E-state index in [1.807, 2.05) is 13.8 Å². The lowest BCUT2D eigenvalue weighted by molar-refractivity contribution is -0.141. The van der Waals surface area contributed by atoms with Gasteiger partial charge in [-0.2, -0.15) is 0 Å². The Morgan fingerprint density at radius 2 is 1.89 bits per heavy atom. The number of carbonyl (C=O) groups excluding carboxylic acids is 1. The summed E-state index contributed by atoms with van der Waals surface area (Å²) in [6, 6.07) is -0.884. The van der Waals surface area contributed by atoms with E-state index in [2.05, 4.69) is 0 Å². The molecule has 0 aromatic carbocycles. The van der Waals surface area contributed by atoms with Crippen molar-refractivity contribution in [1.29, 1.82) is 0 Å². The Kier molecular flexibility index (Phi) is 4.01. The first kappa shape index (κ1) is 13.5. The third-order valence-corrected chi connectivity index (χ3v) is 4.12. The lowest BCUT2D eigenvalue weighted by atomic mass is 10.2. The number of amides is 2. The van der Waals surface area contributed by atoms with E-state index >= 15 is 0 Å². The molecule has 0 aromatic heterocycles. The molecule has 1 N–H and O–H groups in total. The van der Waals surface area contributed by atoms with Gasteiger partial charge in [-0.25, -0.2) is 9.59 Å². The number of carboxylic acid groups (broad SMARTS) is 1. The standard InChI is InChI=1S/C11H18N2O4S/c1-7-3-12(4-8(2)17-7)11(16)13-6-18-5-9(13)10(14)15/h7-9H,3-6H2,1-2H3,(H,14,15). The van der Waals surface area contributed by atoms with Crippen molar-refractivity contribution in [2.75, 3.05) is 24.7 Å². The lowest BCUT2D eigenvalue weighted by Gasteiger charge is -2.37. The van der Waals surface area contributed by atoms with Crippen molar-refractivity contribution in [3.63, 3.8) is 0 Å². The maximum absolute atomic E-state index is 12.3. The van der Waals surface area contributed by atoms with Crippen molar-refractivity contribution in [1.82, 2.24) is 9.80 Å². The first-order valence-corrected chi connectivity index (χ1v) is 7.16. The number of hydrogen-bond acceptors (Lipinski definition) is 4. The van der Waals surface area contributed by atoms with Crippen LogP contribution in [-0.2, 0) is 9.53 Å². The monoisotopic (exact) mass is 274 g/mol. The topological polar surface area (TPSA) is 70.1 Å². The number of hydrogen-bond donors (Lipinski definition) is 1. The van der Waals surface area contributed by atoms with Gasteiger partial charge in [0.25, 0.3) is 0 Å². The van der Waals surface area contributed by atoms with E-state index in [1.165, 1.54) is 16.7 Å². The average molecular weight is 274 g/mol. The van der Waals surface area contributed by atoms with Gasteiger partial charge in [-0.15, -0.1) is 11.8 Å². The summed E-state index contributed by atoms with van der Waals surface area (Å²) in [5, 5.41) is 9.08. The molecule has 3 unspecified atom stereocenters. The molecule has 2 aliphatic rings. The first-order chi connectivity index (χ1) is 8.49. The molecule has 2 aliphatic heterocycles. The summed E-state index contributed by atoms with van der Waals surface area (Å²) in [6.45, 7) is 4.89. The summed E-state index contributed by atoms with van der Waals surface area (Å²) in [4.78, 5) is 26.5. The molecule has 0 saturated carbocycles. The van der Waals surface area contributed by atoms with Gasteiger partial charge in [-0.1, -0.05) is 0 Å². The Hall–Kier alpha value is -0.950. The first-order valence-electron chi connectivity index (χ1n) is 6.00. The summed E-state index contributed by atoms with van der Waals surface area (Å²) in [7, 11) is 0. The highest BCUT2D eigenvalue weighted by Crippen LogP contribution is 2.24. The van der Waals surface area contributed by atoms with Gasteiger partial charge in [0.15, 0.2) is 0 Å². The zero-order chi connectivity index (χ0) is 13.3. The number of urea groups is 1. The molecular weight excluding hydrogens is 256 g/mol. The maximum Gasteiger partial charge on any atom is 0.327 e. The van der Waals surface area contributed by atoms with Crippen LogP contribution >= 0.6 is 11.8 Å². The second-order valence-corrected chi connectivity index (χ2v) is 5.77. The van der Waals surface area contributed by atoms with Gasteiger partial charge < -0.3 is 19.6 Å². The Morgan fingerprint density at radius 1 is 1.28 bits per heavy atom. The fourth-order valence-corrected chi connectivity index (χ4v) is 3.49. The van der Waals surface area contributed by atoms with E-state index in [0.29, 0.717) is 24.7 Å². The van der Waals surface area contributed by atoms with Crippen LogP contribution in [0.15, 0.2) is 0 Å². The molecule has 18 heavy (non-hydrogen) atoms. The highest BCUT2D eigenvalue weighted by Gasteiger charge is 2.38. The summed E-state index contributed by atoms with van der Waals surface area (Å²) >= 11 is 1.48. The molecule has 0 bridgehead atoms. The van der Waals surface area contributed by atoms with Crippen molar-refractivity contribution in [2.24, 2.45) is 0 Å². The Morgan fingerprint density at radius 3 is 2.44 bits per heavy atom.